The van der Waals surface area contributed by atoms with E-state index < -0.39 is 12.7 Å². The molecule has 2 aromatic heterocycles. The molecule has 3 aromatic rings. The maximum atomic E-state index is 12.5. The van der Waals surface area contributed by atoms with E-state index in [9.17, 15) is 13.6 Å². The normalized spacial score (nSPS) is 11.2. The van der Waals surface area contributed by atoms with Crippen LogP contribution in [0.15, 0.2) is 21.1 Å². The molecule has 1 amide bonds. The van der Waals surface area contributed by atoms with Crippen LogP contribution in [0, 0.1) is 13.8 Å². The van der Waals surface area contributed by atoms with Crippen molar-refractivity contribution in [3.8, 4) is 11.5 Å². The van der Waals surface area contributed by atoms with Gasteiger partial charge in [0, 0.05) is 6.42 Å². The number of anilines is 1. The summed E-state index contributed by atoms with van der Waals surface area (Å²) in [5.41, 5.74) is 0.952. The minimum Gasteiger partial charge on any atom is -0.437 e. The van der Waals surface area contributed by atoms with E-state index in [4.69, 9.17) is 13.7 Å². The predicted octanol–water partition coefficient (Wildman–Crippen LogP) is 4.21. The Morgan fingerprint density at radius 2 is 2.04 bits per heavy atom. The third kappa shape index (κ3) is 3.44. The van der Waals surface area contributed by atoms with Crippen molar-refractivity contribution in [3.05, 3.63) is 29.5 Å². The summed E-state index contributed by atoms with van der Waals surface area (Å²) in [4.78, 5) is 16.2. The lowest BCUT2D eigenvalue weighted by Crippen LogP contribution is -2.17. The molecule has 0 aliphatic heterocycles. The average molecular weight is 367 g/mol. The Bertz CT molecular complexity index is 931. The number of carbonyl (C=O) groups is 1. The Labute approximate surface area is 146 Å². The van der Waals surface area contributed by atoms with E-state index in [1.54, 1.807) is 20.8 Å². The molecule has 0 fully saturated rings. The van der Waals surface area contributed by atoms with Crippen LogP contribution in [-0.2, 0) is 6.42 Å². The lowest BCUT2D eigenvalue weighted by atomic mass is 10.3. The summed E-state index contributed by atoms with van der Waals surface area (Å²) in [6, 6.07) is 2.52. The van der Waals surface area contributed by atoms with Gasteiger partial charge in [0.2, 0.25) is 5.58 Å². The van der Waals surface area contributed by atoms with Crippen LogP contribution in [0.4, 0.5) is 19.3 Å². The van der Waals surface area contributed by atoms with Crippen molar-refractivity contribution in [2.75, 3.05) is 5.32 Å². The van der Waals surface area contributed by atoms with Crippen molar-refractivity contribution in [1.29, 1.82) is 0 Å². The highest BCUT2D eigenvalue weighted by Gasteiger charge is 2.21. The largest absolute Gasteiger partial charge is 0.437 e. The quantitative estimate of drug-likeness (QED) is 0.721. The number of benzene rings is 1. The molecular formula is C16H15F2N3O5. The van der Waals surface area contributed by atoms with Crippen LogP contribution in [0.2, 0.25) is 0 Å². The van der Waals surface area contributed by atoms with Gasteiger partial charge in [0.15, 0.2) is 28.7 Å². The summed E-state index contributed by atoms with van der Waals surface area (Å²) in [5, 5.41) is 6.23. The molecule has 0 spiro atoms. The summed E-state index contributed by atoms with van der Waals surface area (Å²) in [7, 11) is 0. The lowest BCUT2D eigenvalue weighted by Gasteiger charge is -2.08. The van der Waals surface area contributed by atoms with Crippen LogP contribution in [0.1, 0.15) is 24.3 Å². The Morgan fingerprint density at radius 3 is 2.65 bits per heavy atom. The smallest absolute Gasteiger partial charge is 0.417 e. The molecule has 0 aliphatic rings. The number of amides is 1. The summed E-state index contributed by atoms with van der Waals surface area (Å²) in [6.07, 6.45) is -0.397. The topological polar surface area (TPSA) is 99.6 Å². The monoisotopic (exact) mass is 367 g/mol. The number of hydrogen-bond donors (Lipinski definition) is 1. The van der Waals surface area contributed by atoms with Gasteiger partial charge in [0.05, 0.1) is 0 Å². The Balaban J connectivity index is 1.90. The number of alkyl halides is 2. The van der Waals surface area contributed by atoms with Crippen LogP contribution in [0.5, 0.6) is 11.5 Å². The first-order valence-corrected chi connectivity index (χ1v) is 7.68. The number of aromatic nitrogens is 2. The molecule has 0 aliphatic carbocycles. The molecule has 26 heavy (non-hydrogen) atoms. The fourth-order valence-electron chi connectivity index (χ4n) is 2.32. The number of fused-ring (bicyclic) bond motifs is 1. The van der Waals surface area contributed by atoms with Crippen LogP contribution in [0.3, 0.4) is 0 Å². The van der Waals surface area contributed by atoms with Crippen LogP contribution in [-0.4, -0.2) is 22.8 Å². The molecular weight excluding hydrogens is 352 g/mol. The molecule has 3 rings (SSSR count). The van der Waals surface area contributed by atoms with E-state index in [0.717, 1.165) is 0 Å². The van der Waals surface area contributed by atoms with Crippen LogP contribution >= 0.6 is 0 Å². The summed E-state index contributed by atoms with van der Waals surface area (Å²) < 4.78 is 45.2. The Hall–Kier alpha value is -3.17. The first-order valence-electron chi connectivity index (χ1n) is 7.68. The van der Waals surface area contributed by atoms with Crippen molar-refractivity contribution < 1.29 is 32.0 Å². The number of nitrogens with zero attached hydrogens (tertiary/aromatic N) is 2. The zero-order valence-electron chi connectivity index (χ0n) is 14.1. The molecule has 8 nitrogen and oxygen atoms in total. The van der Waals surface area contributed by atoms with E-state index in [-0.39, 0.29) is 22.6 Å². The fourth-order valence-corrected chi connectivity index (χ4v) is 2.32. The van der Waals surface area contributed by atoms with Crippen molar-refractivity contribution in [3.63, 3.8) is 0 Å². The second-order valence-corrected chi connectivity index (χ2v) is 5.29. The van der Waals surface area contributed by atoms with Crippen molar-refractivity contribution in [2.45, 2.75) is 33.8 Å². The van der Waals surface area contributed by atoms with E-state index >= 15 is 0 Å². The number of carbonyl (C=O) groups excluding carboxylic acids is 1. The minimum absolute atomic E-state index is 0.0121. The van der Waals surface area contributed by atoms with E-state index in [1.807, 2.05) is 0 Å². The SMILES string of the molecule is CCc1nc2c(OC(F)F)ccc(OC(=O)Nc3c(C)noc3C)c2o1. The molecule has 138 valence electrons. The molecule has 10 heteroatoms. The summed E-state index contributed by atoms with van der Waals surface area (Å²) in [6.45, 7) is 2.05. The van der Waals surface area contributed by atoms with Gasteiger partial charge < -0.3 is 18.4 Å². The molecule has 0 unspecified atom stereocenters. The van der Waals surface area contributed by atoms with Gasteiger partial charge >= 0.3 is 12.7 Å². The standard InChI is InChI=1S/C16H15F2N3O5/c1-4-11-19-13-9(23-15(17)18)5-6-10(14(13)25-11)24-16(22)20-12-7(2)21-26-8(12)3/h5-6,15H,4H2,1-3H3,(H,20,22). The number of aryl methyl sites for hydroxylation is 3. The number of halogens is 2. The Kier molecular flexibility index (Phi) is 4.74. The lowest BCUT2D eigenvalue weighted by molar-refractivity contribution is -0.0489. The van der Waals surface area contributed by atoms with Gasteiger partial charge in [0.1, 0.15) is 11.4 Å². The van der Waals surface area contributed by atoms with Gasteiger partial charge in [-0.1, -0.05) is 12.1 Å². The van der Waals surface area contributed by atoms with E-state index in [1.165, 1.54) is 12.1 Å². The molecule has 0 saturated carbocycles. The second-order valence-electron chi connectivity index (χ2n) is 5.29. The van der Waals surface area contributed by atoms with Crippen molar-refractivity contribution in [1.82, 2.24) is 10.1 Å². The highest BCUT2D eigenvalue weighted by molar-refractivity contribution is 5.92. The van der Waals surface area contributed by atoms with Crippen LogP contribution in [0.25, 0.3) is 11.1 Å². The third-order valence-corrected chi connectivity index (χ3v) is 3.50. The zero-order valence-corrected chi connectivity index (χ0v) is 14.1. The van der Waals surface area contributed by atoms with Gasteiger partial charge in [-0.15, -0.1) is 0 Å². The average Bonchev–Trinajstić information content (AvgIpc) is 3.16. The summed E-state index contributed by atoms with van der Waals surface area (Å²) in [5.74, 6) is 0.550. The van der Waals surface area contributed by atoms with Gasteiger partial charge in [-0.05, 0) is 26.0 Å². The maximum Gasteiger partial charge on any atom is 0.417 e. The molecule has 0 atom stereocenters. The molecule has 2 heterocycles. The fraction of sp³-hybridized carbons (Fsp3) is 0.312. The molecule has 1 N–H and O–H groups in total. The minimum atomic E-state index is -3.02. The predicted molar refractivity (Wildman–Crippen MR) is 85.6 cm³/mol. The second kappa shape index (κ2) is 6.98. The number of oxazole rings is 1. The van der Waals surface area contributed by atoms with Crippen molar-refractivity contribution >= 4 is 22.9 Å². The maximum absolute atomic E-state index is 12.5. The number of rotatable bonds is 5. The van der Waals surface area contributed by atoms with Crippen LogP contribution < -0.4 is 14.8 Å². The summed E-state index contributed by atoms with van der Waals surface area (Å²) >= 11 is 0. The third-order valence-electron chi connectivity index (χ3n) is 3.50. The first-order chi connectivity index (χ1) is 12.4. The Morgan fingerprint density at radius 1 is 1.31 bits per heavy atom. The van der Waals surface area contributed by atoms with Gasteiger partial charge in [-0.3, -0.25) is 5.32 Å². The van der Waals surface area contributed by atoms with E-state index in [2.05, 4.69) is 20.2 Å². The highest BCUT2D eigenvalue weighted by atomic mass is 19.3. The van der Waals surface area contributed by atoms with Crippen molar-refractivity contribution in [2.24, 2.45) is 0 Å². The number of nitrogens with one attached hydrogen (secondary N) is 1. The van der Waals surface area contributed by atoms with Gasteiger partial charge in [-0.25, -0.2) is 9.78 Å². The van der Waals surface area contributed by atoms with Gasteiger partial charge in [-0.2, -0.15) is 8.78 Å². The zero-order chi connectivity index (χ0) is 18.8. The molecule has 0 bridgehead atoms. The number of ether oxygens (including phenoxy) is 2. The molecule has 0 radical (unpaired) electrons. The van der Waals surface area contributed by atoms with Gasteiger partial charge in [0.25, 0.3) is 0 Å². The van der Waals surface area contributed by atoms with E-state index in [0.29, 0.717) is 29.5 Å². The molecule has 1 aromatic carbocycles. The molecule has 0 saturated heterocycles. The first kappa shape index (κ1) is 17.6. The number of hydrogen-bond acceptors (Lipinski definition) is 7. The highest BCUT2D eigenvalue weighted by Crippen LogP contribution is 2.35.